The Bertz CT molecular complexity index is 427. The third kappa shape index (κ3) is 4.22. The van der Waals surface area contributed by atoms with Gasteiger partial charge in [-0.25, -0.2) is 0 Å². The lowest BCUT2D eigenvalue weighted by atomic mass is 9.85. The van der Waals surface area contributed by atoms with Crippen molar-refractivity contribution in [3.8, 4) is 5.75 Å². The average Bonchev–Trinajstić information content (AvgIpc) is 2.43. The van der Waals surface area contributed by atoms with E-state index in [1.165, 1.54) is 37.7 Å². The topological polar surface area (TPSA) is 35.2 Å². The smallest absolute Gasteiger partial charge is 0.148 e. The molecule has 1 aromatic rings. The van der Waals surface area contributed by atoms with Crippen LogP contribution in [-0.4, -0.2) is 12.6 Å². The molecule has 0 saturated heterocycles. The summed E-state index contributed by atoms with van der Waals surface area (Å²) in [6, 6.07) is 4.24. The van der Waals surface area contributed by atoms with E-state index in [1.807, 2.05) is 0 Å². The Balaban J connectivity index is 2.09. The van der Waals surface area contributed by atoms with E-state index in [9.17, 15) is 0 Å². The molecule has 1 fully saturated rings. The number of hydrogen-bond donors (Lipinski definition) is 1. The van der Waals surface area contributed by atoms with Crippen LogP contribution in [0, 0.1) is 5.92 Å². The van der Waals surface area contributed by atoms with E-state index < -0.39 is 0 Å². The van der Waals surface area contributed by atoms with E-state index in [0.717, 1.165) is 27.0 Å². The third-order valence-corrected chi connectivity index (χ3v) is 5.27. The molecule has 1 aliphatic carbocycles. The quantitative estimate of drug-likeness (QED) is 0.744. The predicted molar refractivity (Wildman–Crippen MR) is 91.3 cm³/mol. The van der Waals surface area contributed by atoms with Gasteiger partial charge in [-0.3, -0.25) is 0 Å². The summed E-state index contributed by atoms with van der Waals surface area (Å²) in [7, 11) is 0. The molecule has 2 unspecified atom stereocenters. The van der Waals surface area contributed by atoms with E-state index in [0.29, 0.717) is 12.6 Å². The highest BCUT2D eigenvalue weighted by atomic mass is 79.9. The van der Waals surface area contributed by atoms with Crippen LogP contribution in [0.4, 0.5) is 0 Å². The number of rotatable bonds is 5. The maximum absolute atomic E-state index is 6.26. The predicted octanol–water partition coefficient (Wildman–Crippen LogP) is 5.06. The molecular weight excluding hydrogens is 382 g/mol. The highest BCUT2D eigenvalue weighted by molar-refractivity contribution is 9.11. The van der Waals surface area contributed by atoms with Crippen LogP contribution in [0.15, 0.2) is 21.1 Å². The second-order valence-electron chi connectivity index (χ2n) is 5.61. The van der Waals surface area contributed by atoms with Crippen molar-refractivity contribution in [1.82, 2.24) is 0 Å². The minimum absolute atomic E-state index is 0.349. The van der Waals surface area contributed by atoms with Crippen LogP contribution < -0.4 is 10.5 Å². The molecule has 0 heterocycles. The van der Waals surface area contributed by atoms with Crippen LogP contribution in [0.1, 0.15) is 44.6 Å². The van der Waals surface area contributed by atoms with Gasteiger partial charge in [0.2, 0.25) is 0 Å². The van der Waals surface area contributed by atoms with Crippen LogP contribution >= 0.6 is 31.9 Å². The van der Waals surface area contributed by atoms with Crippen LogP contribution in [0.2, 0.25) is 0 Å². The van der Waals surface area contributed by atoms with Crippen molar-refractivity contribution >= 4 is 31.9 Å². The number of nitrogens with two attached hydrogens (primary N) is 1. The number of ether oxygens (including phenoxy) is 1. The average molecular weight is 405 g/mol. The molecule has 1 saturated carbocycles. The molecule has 1 aromatic carbocycles. The van der Waals surface area contributed by atoms with Gasteiger partial charge in [0, 0.05) is 0 Å². The first kappa shape index (κ1) is 16.3. The van der Waals surface area contributed by atoms with Gasteiger partial charge in [0.15, 0.2) is 0 Å². The van der Waals surface area contributed by atoms with Gasteiger partial charge in [-0.1, -0.05) is 19.8 Å². The minimum Gasteiger partial charge on any atom is -0.488 e. The summed E-state index contributed by atoms with van der Waals surface area (Å²) < 4.78 is 8.30. The van der Waals surface area contributed by atoms with Crippen LogP contribution in [0.25, 0.3) is 0 Å². The Morgan fingerprint density at radius 1 is 1.25 bits per heavy atom. The van der Waals surface area contributed by atoms with Gasteiger partial charge in [-0.15, -0.1) is 0 Å². The first-order valence-electron chi connectivity index (χ1n) is 7.48. The summed E-state index contributed by atoms with van der Waals surface area (Å²) in [5.74, 6) is 1.76. The van der Waals surface area contributed by atoms with Gasteiger partial charge in [-0.05, 0) is 87.7 Å². The molecule has 2 rings (SSSR count). The monoisotopic (exact) mass is 403 g/mol. The molecule has 2 N–H and O–H groups in total. The van der Waals surface area contributed by atoms with Gasteiger partial charge >= 0.3 is 0 Å². The van der Waals surface area contributed by atoms with Crippen molar-refractivity contribution < 1.29 is 4.74 Å². The maximum atomic E-state index is 6.26. The van der Waals surface area contributed by atoms with E-state index in [4.69, 9.17) is 10.5 Å². The van der Waals surface area contributed by atoms with E-state index in [2.05, 4.69) is 50.9 Å². The summed E-state index contributed by atoms with van der Waals surface area (Å²) >= 11 is 7.26. The fraction of sp³-hybridized carbons (Fsp3) is 0.625. The second-order valence-corrected chi connectivity index (χ2v) is 7.32. The Morgan fingerprint density at radius 3 is 2.55 bits per heavy atom. The standard InChI is InChI=1S/C16H23Br2NO/c1-2-11-4-3-5-13(8-11)20-16-14(17)9-12(6-7-19)10-15(16)18/h9-11,13H,2-8,19H2,1H3. The molecule has 0 aromatic heterocycles. The zero-order chi connectivity index (χ0) is 14.5. The van der Waals surface area contributed by atoms with Gasteiger partial charge in [0.25, 0.3) is 0 Å². The zero-order valence-corrected chi connectivity index (χ0v) is 15.2. The van der Waals surface area contributed by atoms with Gasteiger partial charge in [-0.2, -0.15) is 0 Å². The first-order chi connectivity index (χ1) is 9.63. The molecule has 20 heavy (non-hydrogen) atoms. The van der Waals surface area contributed by atoms with E-state index in [-0.39, 0.29) is 0 Å². The van der Waals surface area contributed by atoms with Gasteiger partial charge in [0.05, 0.1) is 15.0 Å². The van der Waals surface area contributed by atoms with Gasteiger partial charge in [0.1, 0.15) is 5.75 Å². The van der Waals surface area contributed by atoms with E-state index in [1.54, 1.807) is 0 Å². The normalized spacial score (nSPS) is 22.8. The Morgan fingerprint density at radius 2 is 1.95 bits per heavy atom. The molecule has 0 amide bonds. The van der Waals surface area contributed by atoms with Crippen molar-refractivity contribution in [2.75, 3.05) is 6.54 Å². The molecule has 0 radical (unpaired) electrons. The van der Waals surface area contributed by atoms with Crippen molar-refractivity contribution in [2.45, 2.75) is 51.6 Å². The highest BCUT2D eigenvalue weighted by Crippen LogP contribution is 2.38. The molecule has 112 valence electrons. The van der Waals surface area contributed by atoms with Gasteiger partial charge < -0.3 is 10.5 Å². The summed E-state index contributed by atoms with van der Waals surface area (Å²) in [5.41, 5.74) is 6.85. The largest absolute Gasteiger partial charge is 0.488 e. The summed E-state index contributed by atoms with van der Waals surface area (Å²) in [5, 5.41) is 0. The Hall–Kier alpha value is -0.0600. The summed E-state index contributed by atoms with van der Waals surface area (Å²) in [6.07, 6.45) is 7.48. The Kier molecular flexibility index (Phi) is 6.37. The first-order valence-corrected chi connectivity index (χ1v) is 9.07. The fourth-order valence-electron chi connectivity index (χ4n) is 2.92. The number of halogens is 2. The molecule has 0 aliphatic heterocycles. The lowest BCUT2D eigenvalue weighted by Gasteiger charge is -2.29. The van der Waals surface area contributed by atoms with Crippen molar-refractivity contribution in [1.29, 1.82) is 0 Å². The molecule has 1 aliphatic rings. The van der Waals surface area contributed by atoms with Crippen LogP contribution in [0.3, 0.4) is 0 Å². The SMILES string of the molecule is CCC1CCCC(Oc2c(Br)cc(CCN)cc2Br)C1. The number of benzene rings is 1. The van der Waals surface area contributed by atoms with Crippen molar-refractivity contribution in [3.63, 3.8) is 0 Å². The lowest BCUT2D eigenvalue weighted by molar-refractivity contribution is 0.120. The molecular formula is C16H23Br2NO. The molecule has 0 bridgehead atoms. The van der Waals surface area contributed by atoms with Crippen LogP contribution in [0.5, 0.6) is 5.75 Å². The number of hydrogen-bond acceptors (Lipinski definition) is 2. The van der Waals surface area contributed by atoms with Crippen LogP contribution in [-0.2, 0) is 6.42 Å². The second kappa shape index (κ2) is 7.81. The van der Waals surface area contributed by atoms with Crippen molar-refractivity contribution in [2.24, 2.45) is 11.7 Å². The highest BCUT2D eigenvalue weighted by Gasteiger charge is 2.23. The van der Waals surface area contributed by atoms with E-state index >= 15 is 0 Å². The summed E-state index contributed by atoms with van der Waals surface area (Å²) in [6.45, 7) is 2.94. The summed E-state index contributed by atoms with van der Waals surface area (Å²) in [4.78, 5) is 0. The minimum atomic E-state index is 0.349. The Labute approximate surface area is 138 Å². The fourth-order valence-corrected chi connectivity index (χ4v) is 4.39. The zero-order valence-electron chi connectivity index (χ0n) is 12.0. The molecule has 0 spiro atoms. The molecule has 2 nitrogen and oxygen atoms in total. The maximum Gasteiger partial charge on any atom is 0.148 e. The molecule has 2 atom stereocenters. The lowest BCUT2D eigenvalue weighted by Crippen LogP contribution is -2.25. The molecule has 4 heteroatoms. The third-order valence-electron chi connectivity index (χ3n) is 4.09. The van der Waals surface area contributed by atoms with Crippen molar-refractivity contribution in [3.05, 3.63) is 26.6 Å².